The van der Waals surface area contributed by atoms with Crippen LogP contribution in [0, 0.1) is 5.92 Å². The molecular formula is C11H13ClN4S. The van der Waals surface area contributed by atoms with Gasteiger partial charge in [-0.15, -0.1) is 11.8 Å². The number of aromatic nitrogens is 4. The third-order valence-electron chi connectivity index (χ3n) is 3.18. The van der Waals surface area contributed by atoms with Gasteiger partial charge in [-0.05, 0) is 30.4 Å². The van der Waals surface area contributed by atoms with E-state index in [2.05, 4.69) is 20.2 Å². The lowest BCUT2D eigenvalue weighted by atomic mass is 10.1. The van der Waals surface area contributed by atoms with E-state index in [0.717, 1.165) is 27.7 Å². The van der Waals surface area contributed by atoms with E-state index in [0.29, 0.717) is 0 Å². The fourth-order valence-electron chi connectivity index (χ4n) is 2.27. The van der Waals surface area contributed by atoms with Gasteiger partial charge in [0.2, 0.25) is 5.28 Å². The Morgan fingerprint density at radius 3 is 3.00 bits per heavy atom. The lowest BCUT2D eigenvalue weighted by Crippen LogP contribution is -1.97. The summed E-state index contributed by atoms with van der Waals surface area (Å²) in [7, 11) is 0. The Labute approximate surface area is 109 Å². The molecule has 0 radical (unpaired) electrons. The Morgan fingerprint density at radius 2 is 2.18 bits per heavy atom. The third kappa shape index (κ3) is 2.40. The average Bonchev–Trinajstić information content (AvgIpc) is 2.95. The maximum absolute atomic E-state index is 5.89. The molecule has 4 nitrogen and oxygen atoms in total. The molecule has 1 saturated carbocycles. The van der Waals surface area contributed by atoms with Crippen molar-refractivity contribution in [3.05, 3.63) is 11.5 Å². The molecule has 2 aromatic heterocycles. The molecule has 2 aromatic rings. The van der Waals surface area contributed by atoms with Crippen molar-refractivity contribution >= 4 is 34.4 Å². The molecule has 0 saturated heterocycles. The summed E-state index contributed by atoms with van der Waals surface area (Å²) in [5, 5.41) is 9.02. The predicted octanol–water partition coefficient (Wildman–Crippen LogP) is 3.29. The van der Waals surface area contributed by atoms with E-state index in [1.165, 1.54) is 25.7 Å². The Hall–Kier alpha value is -0.810. The molecule has 1 aliphatic rings. The van der Waals surface area contributed by atoms with E-state index < -0.39 is 0 Å². The van der Waals surface area contributed by atoms with Crippen LogP contribution in [0.2, 0.25) is 5.28 Å². The van der Waals surface area contributed by atoms with Crippen LogP contribution in [0.4, 0.5) is 0 Å². The first-order valence-electron chi connectivity index (χ1n) is 5.82. The molecule has 1 N–H and O–H groups in total. The molecule has 0 bridgehead atoms. The highest BCUT2D eigenvalue weighted by Gasteiger charge is 2.17. The zero-order chi connectivity index (χ0) is 11.7. The van der Waals surface area contributed by atoms with E-state index in [9.17, 15) is 0 Å². The Morgan fingerprint density at radius 1 is 1.35 bits per heavy atom. The smallest absolute Gasteiger partial charge is 0.225 e. The van der Waals surface area contributed by atoms with Crippen molar-refractivity contribution in [1.29, 1.82) is 0 Å². The lowest BCUT2D eigenvalue weighted by Gasteiger charge is -2.07. The van der Waals surface area contributed by atoms with Gasteiger partial charge in [0.15, 0.2) is 5.65 Å². The van der Waals surface area contributed by atoms with Gasteiger partial charge in [0, 0.05) is 5.75 Å². The molecule has 2 heterocycles. The normalized spacial score (nSPS) is 17.0. The van der Waals surface area contributed by atoms with Crippen LogP contribution >= 0.6 is 23.4 Å². The zero-order valence-corrected chi connectivity index (χ0v) is 10.9. The fourth-order valence-corrected chi connectivity index (χ4v) is 3.67. The third-order valence-corrected chi connectivity index (χ3v) is 4.57. The van der Waals surface area contributed by atoms with Crippen molar-refractivity contribution in [2.24, 2.45) is 5.92 Å². The van der Waals surface area contributed by atoms with E-state index in [1.54, 1.807) is 18.0 Å². The zero-order valence-electron chi connectivity index (χ0n) is 9.32. The molecule has 0 unspecified atom stereocenters. The number of H-pyrrole nitrogens is 1. The summed E-state index contributed by atoms with van der Waals surface area (Å²) in [6, 6.07) is 0. The van der Waals surface area contributed by atoms with Crippen LogP contribution in [0.3, 0.4) is 0 Å². The second-order valence-electron chi connectivity index (χ2n) is 4.39. The van der Waals surface area contributed by atoms with Gasteiger partial charge in [0.05, 0.1) is 11.6 Å². The van der Waals surface area contributed by atoms with E-state index in [1.807, 2.05) is 0 Å². The molecule has 0 aliphatic heterocycles. The summed E-state index contributed by atoms with van der Waals surface area (Å²) >= 11 is 7.66. The van der Waals surface area contributed by atoms with E-state index in [4.69, 9.17) is 11.6 Å². The van der Waals surface area contributed by atoms with Gasteiger partial charge in [0.1, 0.15) is 5.03 Å². The highest BCUT2D eigenvalue weighted by molar-refractivity contribution is 7.99. The summed E-state index contributed by atoms with van der Waals surface area (Å²) in [5.74, 6) is 1.95. The molecule has 0 spiro atoms. The quantitative estimate of drug-likeness (QED) is 0.527. The number of hydrogen-bond acceptors (Lipinski definition) is 4. The minimum Gasteiger partial charge on any atom is -0.261 e. The molecule has 1 fully saturated rings. The van der Waals surface area contributed by atoms with Gasteiger partial charge in [-0.1, -0.05) is 12.8 Å². The van der Waals surface area contributed by atoms with Crippen LogP contribution in [-0.2, 0) is 0 Å². The summed E-state index contributed by atoms with van der Waals surface area (Å²) < 4.78 is 0. The maximum atomic E-state index is 5.89. The van der Waals surface area contributed by atoms with Crippen molar-refractivity contribution in [3.63, 3.8) is 0 Å². The Kier molecular flexibility index (Phi) is 3.20. The monoisotopic (exact) mass is 268 g/mol. The van der Waals surface area contributed by atoms with E-state index >= 15 is 0 Å². The van der Waals surface area contributed by atoms with Crippen LogP contribution in [0.1, 0.15) is 25.7 Å². The van der Waals surface area contributed by atoms with Gasteiger partial charge in [-0.25, -0.2) is 4.98 Å². The number of thioether (sulfide) groups is 1. The number of rotatable bonds is 3. The van der Waals surface area contributed by atoms with Crippen molar-refractivity contribution in [2.75, 3.05) is 5.75 Å². The van der Waals surface area contributed by atoms with Gasteiger partial charge in [0.25, 0.3) is 0 Å². The standard InChI is InChI=1S/C11H13ClN4S/c12-11-14-9-8(5-13-16-9)10(15-11)17-6-7-3-1-2-4-7/h5,7H,1-4,6H2,(H,13,14,15,16). The highest BCUT2D eigenvalue weighted by Crippen LogP contribution is 2.32. The first-order valence-corrected chi connectivity index (χ1v) is 7.18. The number of nitrogens with one attached hydrogen (secondary N) is 1. The number of halogens is 1. The molecule has 3 rings (SSSR count). The average molecular weight is 269 g/mol. The molecule has 0 aromatic carbocycles. The van der Waals surface area contributed by atoms with E-state index in [-0.39, 0.29) is 5.28 Å². The second-order valence-corrected chi connectivity index (χ2v) is 5.74. The number of nitrogens with zero attached hydrogens (tertiary/aromatic N) is 3. The first-order chi connectivity index (χ1) is 8.33. The van der Waals surface area contributed by atoms with Crippen molar-refractivity contribution in [3.8, 4) is 0 Å². The number of fused-ring (bicyclic) bond motifs is 1. The molecule has 90 valence electrons. The van der Waals surface area contributed by atoms with Crippen LogP contribution in [-0.4, -0.2) is 25.9 Å². The maximum Gasteiger partial charge on any atom is 0.225 e. The molecule has 17 heavy (non-hydrogen) atoms. The van der Waals surface area contributed by atoms with Gasteiger partial charge >= 0.3 is 0 Å². The van der Waals surface area contributed by atoms with Crippen LogP contribution in [0.5, 0.6) is 0 Å². The minimum atomic E-state index is 0.288. The molecular weight excluding hydrogens is 256 g/mol. The topological polar surface area (TPSA) is 54.5 Å². The molecule has 1 aliphatic carbocycles. The SMILES string of the molecule is Clc1nc(SCC2CCCC2)c2cn[nH]c2n1. The van der Waals surface area contributed by atoms with Crippen LogP contribution < -0.4 is 0 Å². The van der Waals surface area contributed by atoms with Gasteiger partial charge in [-0.2, -0.15) is 10.1 Å². The van der Waals surface area contributed by atoms with Crippen LogP contribution in [0.25, 0.3) is 11.0 Å². The van der Waals surface area contributed by atoms with Crippen molar-refractivity contribution in [2.45, 2.75) is 30.7 Å². The van der Waals surface area contributed by atoms with Gasteiger partial charge in [-0.3, -0.25) is 5.10 Å². The summed E-state index contributed by atoms with van der Waals surface area (Å²) in [6.07, 6.45) is 7.21. The highest BCUT2D eigenvalue weighted by atomic mass is 35.5. The van der Waals surface area contributed by atoms with Crippen LogP contribution in [0.15, 0.2) is 11.2 Å². The van der Waals surface area contributed by atoms with Crippen molar-refractivity contribution < 1.29 is 0 Å². The summed E-state index contributed by atoms with van der Waals surface area (Å²) in [5.41, 5.74) is 0.721. The first kappa shape index (κ1) is 11.3. The molecule has 6 heteroatoms. The Bertz CT molecular complexity index is 521. The number of aromatic amines is 1. The number of hydrogen-bond donors (Lipinski definition) is 1. The minimum absolute atomic E-state index is 0.288. The van der Waals surface area contributed by atoms with Gasteiger partial charge < -0.3 is 0 Å². The molecule has 0 atom stereocenters. The molecule has 0 amide bonds. The lowest BCUT2D eigenvalue weighted by molar-refractivity contribution is 0.623. The fraction of sp³-hybridized carbons (Fsp3) is 0.545. The summed E-state index contributed by atoms with van der Waals surface area (Å²) in [6.45, 7) is 0. The van der Waals surface area contributed by atoms with Crippen molar-refractivity contribution in [1.82, 2.24) is 20.2 Å². The predicted molar refractivity (Wildman–Crippen MR) is 69.4 cm³/mol. The summed E-state index contributed by atoms with van der Waals surface area (Å²) in [4.78, 5) is 8.39. The largest absolute Gasteiger partial charge is 0.261 e. The Balaban J connectivity index is 1.81. The second kappa shape index (κ2) is 4.82.